The van der Waals surface area contributed by atoms with E-state index in [1.807, 2.05) is 18.2 Å². The molecular formula is C21H26BrN3O2. The molecule has 1 aromatic carbocycles. The Morgan fingerprint density at radius 1 is 1.19 bits per heavy atom. The van der Waals surface area contributed by atoms with Gasteiger partial charge in [0.25, 0.3) is 0 Å². The number of aliphatic hydroxyl groups is 1. The predicted octanol–water partition coefficient (Wildman–Crippen LogP) is 3.44. The maximum absolute atomic E-state index is 13.4. The first-order chi connectivity index (χ1) is 13.0. The molecule has 144 valence electrons. The summed E-state index contributed by atoms with van der Waals surface area (Å²) in [4.78, 5) is 17.8. The van der Waals surface area contributed by atoms with Crippen LogP contribution in [0.5, 0.6) is 0 Å². The van der Waals surface area contributed by atoms with Crippen LogP contribution in [0.2, 0.25) is 0 Å². The first-order valence-electron chi connectivity index (χ1n) is 9.96. The zero-order valence-corrected chi connectivity index (χ0v) is 17.1. The minimum Gasteiger partial charge on any atom is -0.393 e. The van der Waals surface area contributed by atoms with Crippen LogP contribution in [0.3, 0.4) is 0 Å². The van der Waals surface area contributed by atoms with Crippen LogP contribution in [0.1, 0.15) is 50.5 Å². The van der Waals surface area contributed by atoms with Gasteiger partial charge in [-0.3, -0.25) is 4.79 Å². The average Bonchev–Trinajstić information content (AvgIpc) is 2.98. The van der Waals surface area contributed by atoms with Crippen LogP contribution in [0.15, 0.2) is 22.7 Å². The van der Waals surface area contributed by atoms with E-state index in [9.17, 15) is 15.2 Å². The van der Waals surface area contributed by atoms with Crippen molar-refractivity contribution in [3.05, 3.63) is 28.2 Å². The van der Waals surface area contributed by atoms with Gasteiger partial charge in [-0.2, -0.15) is 5.26 Å². The van der Waals surface area contributed by atoms with Gasteiger partial charge < -0.3 is 14.9 Å². The lowest BCUT2D eigenvalue weighted by Crippen LogP contribution is -2.50. The molecule has 2 heterocycles. The third kappa shape index (κ3) is 3.48. The molecule has 1 aliphatic carbocycles. The molecule has 3 fully saturated rings. The highest BCUT2D eigenvalue weighted by Crippen LogP contribution is 2.44. The number of hydrogen-bond donors (Lipinski definition) is 1. The molecule has 1 spiro atoms. The number of amides is 1. The second-order valence-corrected chi connectivity index (χ2v) is 9.21. The molecule has 1 N–H and O–H groups in total. The van der Waals surface area contributed by atoms with Crippen LogP contribution in [-0.4, -0.2) is 47.7 Å². The molecule has 0 unspecified atom stereocenters. The summed E-state index contributed by atoms with van der Waals surface area (Å²) in [5, 5.41) is 19.3. The molecule has 2 saturated heterocycles. The third-order valence-corrected chi connectivity index (χ3v) is 7.14. The van der Waals surface area contributed by atoms with Gasteiger partial charge in [-0.15, -0.1) is 0 Å². The van der Waals surface area contributed by atoms with E-state index in [1.54, 1.807) is 0 Å². The highest BCUT2D eigenvalue weighted by atomic mass is 79.9. The number of halogens is 1. The summed E-state index contributed by atoms with van der Waals surface area (Å²) >= 11 is 3.51. The second-order valence-electron chi connectivity index (χ2n) is 8.29. The smallest absolute Gasteiger partial charge is 0.230 e. The van der Waals surface area contributed by atoms with Crippen molar-refractivity contribution >= 4 is 27.5 Å². The second kappa shape index (κ2) is 7.44. The first kappa shape index (κ1) is 18.8. The van der Waals surface area contributed by atoms with Crippen molar-refractivity contribution in [3.63, 3.8) is 0 Å². The summed E-state index contributed by atoms with van der Waals surface area (Å²) in [6, 6.07) is 8.31. The van der Waals surface area contributed by atoms with Crippen molar-refractivity contribution in [2.45, 2.75) is 57.1 Å². The van der Waals surface area contributed by atoms with Crippen molar-refractivity contribution in [1.82, 2.24) is 4.90 Å². The number of rotatable bonds is 2. The van der Waals surface area contributed by atoms with Crippen molar-refractivity contribution in [2.75, 3.05) is 24.5 Å². The predicted molar refractivity (Wildman–Crippen MR) is 107 cm³/mol. The highest BCUT2D eigenvalue weighted by molar-refractivity contribution is 9.10. The Morgan fingerprint density at radius 3 is 2.70 bits per heavy atom. The summed E-state index contributed by atoms with van der Waals surface area (Å²) in [7, 11) is 0. The van der Waals surface area contributed by atoms with Crippen molar-refractivity contribution in [2.24, 2.45) is 5.41 Å². The van der Waals surface area contributed by atoms with E-state index in [2.05, 4.69) is 31.8 Å². The van der Waals surface area contributed by atoms with E-state index in [0.717, 1.165) is 68.2 Å². The Bertz CT molecular complexity index is 769. The zero-order chi connectivity index (χ0) is 19.0. The van der Waals surface area contributed by atoms with Crippen LogP contribution in [-0.2, 0) is 4.79 Å². The zero-order valence-electron chi connectivity index (χ0n) is 15.5. The Kier molecular flexibility index (Phi) is 5.17. The molecule has 6 heteroatoms. The Labute approximate surface area is 169 Å². The molecule has 1 saturated carbocycles. The molecule has 1 aromatic rings. The highest BCUT2D eigenvalue weighted by Gasteiger charge is 2.50. The van der Waals surface area contributed by atoms with Crippen LogP contribution in [0.4, 0.5) is 5.69 Å². The number of benzene rings is 1. The lowest BCUT2D eigenvalue weighted by molar-refractivity contribution is -0.139. The number of carbonyl (C=O) groups is 1. The van der Waals surface area contributed by atoms with E-state index >= 15 is 0 Å². The molecule has 4 rings (SSSR count). The van der Waals surface area contributed by atoms with Gasteiger partial charge in [0, 0.05) is 30.1 Å². The maximum Gasteiger partial charge on any atom is 0.230 e. The fourth-order valence-electron chi connectivity index (χ4n) is 5.14. The Morgan fingerprint density at radius 2 is 1.96 bits per heavy atom. The third-order valence-electron chi connectivity index (χ3n) is 6.65. The van der Waals surface area contributed by atoms with Crippen LogP contribution >= 0.6 is 15.9 Å². The standard InChI is InChI=1S/C21H26BrN3O2/c22-16-3-2-15(13-23)19(12-16)24-10-1-8-21(14-24)9-11-25(20(21)27)17-4-6-18(26)7-5-17/h2-3,12,17-18,26H,1,4-11,14H2/t17-,18-,21-/m0/s1. The number of aliphatic hydroxyl groups excluding tert-OH is 1. The normalized spacial score (nSPS) is 31.4. The number of piperidine rings is 1. The van der Waals surface area contributed by atoms with Gasteiger partial charge in [0.05, 0.1) is 22.8 Å². The molecule has 1 amide bonds. The molecule has 0 radical (unpaired) electrons. The van der Waals surface area contributed by atoms with E-state index in [1.165, 1.54) is 0 Å². The number of nitrogens with zero attached hydrogens (tertiary/aromatic N) is 3. The first-order valence-corrected chi connectivity index (χ1v) is 10.8. The van der Waals surface area contributed by atoms with E-state index in [0.29, 0.717) is 18.0 Å². The molecule has 0 aromatic heterocycles. The fourth-order valence-corrected chi connectivity index (χ4v) is 5.49. The van der Waals surface area contributed by atoms with E-state index in [-0.39, 0.29) is 17.6 Å². The van der Waals surface area contributed by atoms with Crippen molar-refractivity contribution in [1.29, 1.82) is 5.26 Å². The fraction of sp³-hybridized carbons (Fsp3) is 0.619. The van der Waals surface area contributed by atoms with Crippen LogP contribution in [0, 0.1) is 16.7 Å². The monoisotopic (exact) mass is 431 g/mol. The largest absolute Gasteiger partial charge is 0.393 e. The Balaban J connectivity index is 1.54. The van der Waals surface area contributed by atoms with Crippen molar-refractivity contribution < 1.29 is 9.90 Å². The lowest BCUT2D eigenvalue weighted by Gasteiger charge is -2.41. The summed E-state index contributed by atoms with van der Waals surface area (Å²) in [5.74, 6) is 0.294. The quantitative estimate of drug-likeness (QED) is 0.778. The molecule has 2 aliphatic heterocycles. The molecular weight excluding hydrogens is 406 g/mol. The number of anilines is 1. The lowest BCUT2D eigenvalue weighted by atomic mass is 9.78. The minimum atomic E-state index is -0.316. The average molecular weight is 432 g/mol. The van der Waals surface area contributed by atoms with Gasteiger partial charge in [0.15, 0.2) is 0 Å². The molecule has 1 atom stereocenters. The van der Waals surface area contributed by atoms with Gasteiger partial charge in [0.1, 0.15) is 6.07 Å². The summed E-state index contributed by atoms with van der Waals surface area (Å²) in [6.07, 6.45) is 6.04. The SMILES string of the molecule is N#Cc1ccc(Br)cc1N1CCC[C@]2(CCN([C@H]3CC[C@H](O)CC3)C2=O)C1. The number of hydrogen-bond acceptors (Lipinski definition) is 4. The molecule has 0 bridgehead atoms. The van der Waals surface area contributed by atoms with Gasteiger partial charge >= 0.3 is 0 Å². The van der Waals surface area contributed by atoms with Gasteiger partial charge in [-0.25, -0.2) is 0 Å². The number of likely N-dealkylation sites (tertiary alicyclic amines) is 1. The minimum absolute atomic E-state index is 0.195. The van der Waals surface area contributed by atoms with Gasteiger partial charge in [-0.05, 0) is 63.1 Å². The van der Waals surface area contributed by atoms with Crippen LogP contribution in [0.25, 0.3) is 0 Å². The van der Waals surface area contributed by atoms with Gasteiger partial charge in [-0.1, -0.05) is 15.9 Å². The Hall–Kier alpha value is -1.58. The van der Waals surface area contributed by atoms with E-state index < -0.39 is 0 Å². The molecule has 3 aliphatic rings. The van der Waals surface area contributed by atoms with Crippen LogP contribution < -0.4 is 4.90 Å². The molecule has 27 heavy (non-hydrogen) atoms. The number of carbonyl (C=O) groups excluding carboxylic acids is 1. The maximum atomic E-state index is 13.4. The topological polar surface area (TPSA) is 67.6 Å². The summed E-state index contributed by atoms with van der Waals surface area (Å²) < 4.78 is 0.955. The summed E-state index contributed by atoms with van der Waals surface area (Å²) in [5.41, 5.74) is 1.28. The summed E-state index contributed by atoms with van der Waals surface area (Å²) in [6.45, 7) is 2.41. The van der Waals surface area contributed by atoms with E-state index in [4.69, 9.17) is 0 Å². The van der Waals surface area contributed by atoms with Gasteiger partial charge in [0.2, 0.25) is 5.91 Å². The number of nitriles is 1. The molecule has 5 nitrogen and oxygen atoms in total. The van der Waals surface area contributed by atoms with Crippen molar-refractivity contribution in [3.8, 4) is 6.07 Å².